The van der Waals surface area contributed by atoms with Gasteiger partial charge in [0.1, 0.15) is 12.1 Å². The highest BCUT2D eigenvalue weighted by atomic mass is 16.2. The van der Waals surface area contributed by atoms with Crippen molar-refractivity contribution in [3.8, 4) is 0 Å². The number of fused-ring (bicyclic) bond motifs is 1. The first-order chi connectivity index (χ1) is 8.75. The topological polar surface area (TPSA) is 89.9 Å². The summed E-state index contributed by atoms with van der Waals surface area (Å²) in [5.74, 6) is 0.932. The molecule has 0 aliphatic carbocycles. The van der Waals surface area contributed by atoms with Crippen LogP contribution in [-0.4, -0.2) is 37.1 Å². The van der Waals surface area contributed by atoms with Crippen LogP contribution in [0, 0.1) is 0 Å². The van der Waals surface area contributed by atoms with E-state index < -0.39 is 0 Å². The highest BCUT2D eigenvalue weighted by molar-refractivity contribution is 5.98. The Balaban J connectivity index is 1.85. The Morgan fingerprint density at radius 3 is 3.11 bits per heavy atom. The first-order valence-electron chi connectivity index (χ1n) is 5.62. The fraction of sp³-hybridized carbons (Fsp3) is 0.273. The second kappa shape index (κ2) is 4.10. The Labute approximate surface area is 103 Å². The molecule has 1 aliphatic heterocycles. The fourth-order valence-electron chi connectivity index (χ4n) is 2.01. The van der Waals surface area contributed by atoms with E-state index in [1.54, 1.807) is 29.6 Å². The predicted octanol–water partition coefficient (Wildman–Crippen LogP) is -0.0887. The molecule has 0 fully saturated rings. The third-order valence-electron chi connectivity index (χ3n) is 2.99. The van der Waals surface area contributed by atoms with Gasteiger partial charge in [0, 0.05) is 19.3 Å². The van der Waals surface area contributed by atoms with Crippen molar-refractivity contribution in [3.63, 3.8) is 0 Å². The third kappa shape index (κ3) is 1.69. The molecular formula is C11H12N6O. The zero-order valence-electron chi connectivity index (χ0n) is 9.65. The predicted molar refractivity (Wildman–Crippen MR) is 63.4 cm³/mol. The molecule has 18 heavy (non-hydrogen) atoms. The molecule has 0 unspecified atom stereocenters. The maximum Gasteiger partial charge on any atom is 0.258 e. The molecule has 7 heteroatoms. The van der Waals surface area contributed by atoms with E-state index >= 15 is 0 Å². The number of hydrogen-bond donors (Lipinski definition) is 1. The van der Waals surface area contributed by atoms with Gasteiger partial charge in [-0.25, -0.2) is 4.98 Å². The van der Waals surface area contributed by atoms with Gasteiger partial charge in [0.15, 0.2) is 5.82 Å². The molecule has 2 N–H and O–H groups in total. The van der Waals surface area contributed by atoms with Gasteiger partial charge < -0.3 is 15.2 Å². The van der Waals surface area contributed by atoms with E-state index in [1.807, 2.05) is 4.57 Å². The summed E-state index contributed by atoms with van der Waals surface area (Å²) in [5, 5.41) is 7.80. The maximum atomic E-state index is 12.3. The van der Waals surface area contributed by atoms with Crippen molar-refractivity contribution in [2.24, 2.45) is 0 Å². The summed E-state index contributed by atoms with van der Waals surface area (Å²) in [6, 6.07) is 3.39. The number of carbonyl (C=O) groups excluding carboxylic acids is 1. The maximum absolute atomic E-state index is 12.3. The molecule has 0 aromatic carbocycles. The molecule has 7 nitrogen and oxygen atoms in total. The highest BCUT2D eigenvalue weighted by Gasteiger charge is 2.24. The largest absolute Gasteiger partial charge is 0.383 e. The molecule has 0 saturated heterocycles. The molecule has 2 aromatic rings. The second-order valence-corrected chi connectivity index (χ2v) is 4.10. The van der Waals surface area contributed by atoms with Gasteiger partial charge in [-0.1, -0.05) is 0 Å². The molecule has 92 valence electrons. The van der Waals surface area contributed by atoms with E-state index in [0.717, 1.165) is 5.82 Å². The van der Waals surface area contributed by atoms with Crippen LogP contribution in [0.2, 0.25) is 0 Å². The Morgan fingerprint density at radius 2 is 2.28 bits per heavy atom. The molecule has 3 heterocycles. The molecule has 2 aromatic heterocycles. The summed E-state index contributed by atoms with van der Waals surface area (Å²) in [5.41, 5.74) is 6.15. The monoisotopic (exact) mass is 244 g/mol. The fourth-order valence-corrected chi connectivity index (χ4v) is 2.01. The first kappa shape index (κ1) is 10.7. The Bertz CT molecular complexity index is 593. The van der Waals surface area contributed by atoms with Crippen LogP contribution >= 0.6 is 0 Å². The Hall–Kier alpha value is -2.44. The zero-order chi connectivity index (χ0) is 12.5. The summed E-state index contributed by atoms with van der Waals surface area (Å²) < 4.78 is 1.94. The van der Waals surface area contributed by atoms with Crippen molar-refractivity contribution in [2.45, 2.75) is 13.1 Å². The first-order valence-corrected chi connectivity index (χ1v) is 5.62. The van der Waals surface area contributed by atoms with Gasteiger partial charge >= 0.3 is 0 Å². The van der Waals surface area contributed by atoms with E-state index in [1.165, 1.54) is 0 Å². The van der Waals surface area contributed by atoms with E-state index in [4.69, 9.17) is 5.73 Å². The zero-order valence-corrected chi connectivity index (χ0v) is 9.65. The summed E-state index contributed by atoms with van der Waals surface area (Å²) >= 11 is 0. The Morgan fingerprint density at radius 1 is 1.39 bits per heavy atom. The van der Waals surface area contributed by atoms with Gasteiger partial charge in [0.25, 0.3) is 5.91 Å². The summed E-state index contributed by atoms with van der Waals surface area (Å²) in [6.07, 6.45) is 3.24. The number of amides is 1. The summed E-state index contributed by atoms with van der Waals surface area (Å²) in [6.45, 7) is 1.78. The van der Waals surface area contributed by atoms with Gasteiger partial charge in [0.05, 0.1) is 12.1 Å². The van der Waals surface area contributed by atoms with Gasteiger partial charge in [-0.05, 0) is 12.1 Å². The van der Waals surface area contributed by atoms with Crippen molar-refractivity contribution >= 4 is 11.7 Å². The average molecular weight is 244 g/mol. The van der Waals surface area contributed by atoms with Crippen LogP contribution in [0.5, 0.6) is 0 Å². The number of pyridine rings is 1. The normalized spacial score (nSPS) is 14.3. The van der Waals surface area contributed by atoms with Gasteiger partial charge in [-0.2, -0.15) is 0 Å². The van der Waals surface area contributed by atoms with Crippen molar-refractivity contribution in [1.29, 1.82) is 0 Å². The highest BCUT2D eigenvalue weighted by Crippen LogP contribution is 2.15. The van der Waals surface area contributed by atoms with E-state index in [2.05, 4.69) is 15.2 Å². The van der Waals surface area contributed by atoms with Crippen LogP contribution in [0.4, 0.5) is 5.82 Å². The number of nitrogens with two attached hydrogens (primary N) is 1. The molecule has 0 atom stereocenters. The lowest BCUT2D eigenvalue weighted by Gasteiger charge is -2.27. The van der Waals surface area contributed by atoms with Crippen molar-refractivity contribution in [3.05, 3.63) is 36.0 Å². The Kier molecular flexibility index (Phi) is 2.44. The van der Waals surface area contributed by atoms with Crippen molar-refractivity contribution < 1.29 is 4.79 Å². The number of carbonyl (C=O) groups is 1. The number of nitrogens with zero attached hydrogens (tertiary/aromatic N) is 5. The lowest BCUT2D eigenvalue weighted by molar-refractivity contribution is 0.0708. The van der Waals surface area contributed by atoms with Crippen LogP contribution in [0.1, 0.15) is 16.2 Å². The minimum absolute atomic E-state index is 0.116. The van der Waals surface area contributed by atoms with Crippen LogP contribution < -0.4 is 5.73 Å². The second-order valence-electron chi connectivity index (χ2n) is 4.10. The van der Waals surface area contributed by atoms with Gasteiger partial charge in [-0.3, -0.25) is 4.79 Å². The van der Waals surface area contributed by atoms with E-state index in [9.17, 15) is 4.79 Å². The minimum atomic E-state index is -0.116. The molecule has 0 bridgehead atoms. The van der Waals surface area contributed by atoms with E-state index in [0.29, 0.717) is 25.2 Å². The van der Waals surface area contributed by atoms with Crippen LogP contribution in [0.25, 0.3) is 0 Å². The standard InChI is InChI=1S/C11H12N6O/c12-10-8(2-1-3-13-10)11(18)16-4-5-17-7-14-15-9(17)6-16/h1-3,7H,4-6H2,(H2,12,13). The van der Waals surface area contributed by atoms with Crippen molar-refractivity contribution in [1.82, 2.24) is 24.6 Å². The van der Waals surface area contributed by atoms with Crippen LogP contribution in [0.15, 0.2) is 24.7 Å². The summed E-state index contributed by atoms with van der Waals surface area (Å²) in [7, 11) is 0. The number of aromatic nitrogens is 4. The van der Waals surface area contributed by atoms with Crippen molar-refractivity contribution in [2.75, 3.05) is 12.3 Å². The average Bonchev–Trinajstić information content (AvgIpc) is 2.85. The number of nitrogen functional groups attached to an aromatic ring is 1. The van der Waals surface area contributed by atoms with Gasteiger partial charge in [-0.15, -0.1) is 10.2 Å². The SMILES string of the molecule is Nc1ncccc1C(=O)N1CCn2cnnc2C1. The molecule has 0 spiro atoms. The van der Waals surface area contributed by atoms with Crippen LogP contribution in [-0.2, 0) is 13.1 Å². The number of anilines is 1. The third-order valence-corrected chi connectivity index (χ3v) is 2.99. The lowest BCUT2D eigenvalue weighted by Crippen LogP contribution is -2.38. The van der Waals surface area contributed by atoms with Gasteiger partial charge in [0.2, 0.25) is 0 Å². The number of hydrogen-bond acceptors (Lipinski definition) is 5. The summed E-state index contributed by atoms with van der Waals surface area (Å²) in [4.78, 5) is 17.9. The lowest BCUT2D eigenvalue weighted by atomic mass is 10.2. The molecule has 3 rings (SSSR count). The minimum Gasteiger partial charge on any atom is -0.383 e. The molecule has 0 saturated carbocycles. The molecule has 1 aliphatic rings. The van der Waals surface area contributed by atoms with E-state index in [-0.39, 0.29) is 11.7 Å². The number of rotatable bonds is 1. The molecule has 0 radical (unpaired) electrons. The smallest absolute Gasteiger partial charge is 0.258 e. The molecule has 1 amide bonds. The van der Waals surface area contributed by atoms with Crippen LogP contribution in [0.3, 0.4) is 0 Å². The molecular weight excluding hydrogens is 232 g/mol. The quantitative estimate of drug-likeness (QED) is 0.757.